The maximum Gasteiger partial charge on any atom is 0.267 e. The molecule has 3 aromatic rings. The van der Waals surface area contributed by atoms with Gasteiger partial charge in [0.15, 0.2) is 17.5 Å². The molecular weight excluding hydrogens is 518 g/mol. The number of halogens is 2. The molecule has 0 radical (unpaired) electrons. The Morgan fingerprint density at radius 3 is 2.58 bits per heavy atom. The second kappa shape index (κ2) is 11.2. The molecule has 0 spiro atoms. The van der Waals surface area contributed by atoms with Crippen LogP contribution in [0.15, 0.2) is 29.1 Å². The zero-order valence-corrected chi connectivity index (χ0v) is 23.4. The van der Waals surface area contributed by atoms with Crippen LogP contribution in [-0.2, 0) is 21.7 Å². The summed E-state index contributed by atoms with van der Waals surface area (Å²) in [6, 6.07) is 6.10. The number of H-pyrrole nitrogens is 1. The highest BCUT2D eigenvalue weighted by Crippen LogP contribution is 2.39. The van der Waals surface area contributed by atoms with Crippen LogP contribution in [0.3, 0.4) is 0 Å². The lowest BCUT2D eigenvalue weighted by Gasteiger charge is -2.32. The minimum absolute atomic E-state index is 0.0146. The molecule has 0 aliphatic carbocycles. The van der Waals surface area contributed by atoms with Crippen molar-refractivity contribution in [2.24, 2.45) is 0 Å². The fourth-order valence-electron chi connectivity index (χ4n) is 6.07. The van der Waals surface area contributed by atoms with Gasteiger partial charge in [-0.05, 0) is 70.1 Å². The highest BCUT2D eigenvalue weighted by molar-refractivity contribution is 5.77. The van der Waals surface area contributed by atoms with Crippen molar-refractivity contribution in [3.8, 4) is 0 Å². The van der Waals surface area contributed by atoms with Gasteiger partial charge in [-0.3, -0.25) is 9.59 Å². The van der Waals surface area contributed by atoms with Gasteiger partial charge in [0.05, 0.1) is 5.69 Å². The maximum absolute atomic E-state index is 14.8. The fraction of sp³-hybridized carbons (Fsp3) is 0.552. The molecule has 1 N–H and O–H groups in total. The Bertz CT molecular complexity index is 1440. The Hall–Kier alpha value is -3.47. The summed E-state index contributed by atoms with van der Waals surface area (Å²) in [7, 11) is 1.59. The Balaban J connectivity index is 1.36. The molecule has 40 heavy (non-hydrogen) atoms. The fourth-order valence-corrected chi connectivity index (χ4v) is 6.07. The van der Waals surface area contributed by atoms with Crippen LogP contribution in [0.4, 0.5) is 8.78 Å². The summed E-state index contributed by atoms with van der Waals surface area (Å²) >= 11 is 0. The zero-order chi connectivity index (χ0) is 28.6. The summed E-state index contributed by atoms with van der Waals surface area (Å²) < 4.78 is 36.6. The third kappa shape index (κ3) is 5.43. The van der Waals surface area contributed by atoms with Gasteiger partial charge in [-0.2, -0.15) is 5.10 Å². The van der Waals surface area contributed by atoms with E-state index >= 15 is 0 Å². The molecule has 1 saturated heterocycles. The molecule has 2 aliphatic rings. The number of likely N-dealkylation sites (tertiary alicyclic amines) is 1. The largest absolute Gasteiger partial charge is 0.371 e. The molecule has 1 aromatic carbocycles. The van der Waals surface area contributed by atoms with Crippen molar-refractivity contribution in [3.05, 3.63) is 74.7 Å². The quantitative estimate of drug-likeness (QED) is 0.488. The number of nitrogens with one attached hydrogen (secondary N) is 1. The number of aryl methyl sites for hydroxylation is 1. The second-order valence-corrected chi connectivity index (χ2v) is 11.5. The molecular formula is C29H36F2N6O3. The van der Waals surface area contributed by atoms with Crippen LogP contribution in [0.1, 0.15) is 92.2 Å². The van der Waals surface area contributed by atoms with Crippen LogP contribution >= 0.6 is 0 Å². The number of hydrogen-bond acceptors (Lipinski definition) is 6. The lowest BCUT2D eigenvalue weighted by molar-refractivity contribution is -0.132. The van der Waals surface area contributed by atoms with Gasteiger partial charge < -0.3 is 14.2 Å². The first-order chi connectivity index (χ1) is 19.1. The van der Waals surface area contributed by atoms with Crippen molar-refractivity contribution in [1.29, 1.82) is 0 Å². The van der Waals surface area contributed by atoms with Gasteiger partial charge in [-0.25, -0.2) is 13.9 Å². The summed E-state index contributed by atoms with van der Waals surface area (Å²) in [4.78, 5) is 27.7. The van der Waals surface area contributed by atoms with Gasteiger partial charge in [-0.15, -0.1) is 10.2 Å². The van der Waals surface area contributed by atoms with Crippen molar-refractivity contribution >= 4 is 5.91 Å². The van der Waals surface area contributed by atoms with Crippen LogP contribution in [0.25, 0.3) is 0 Å². The number of aromatic nitrogens is 5. The van der Waals surface area contributed by atoms with Crippen LogP contribution in [0.2, 0.25) is 0 Å². The molecule has 2 aliphatic heterocycles. The van der Waals surface area contributed by atoms with E-state index in [0.29, 0.717) is 62.5 Å². The van der Waals surface area contributed by atoms with Gasteiger partial charge in [0.1, 0.15) is 11.4 Å². The summed E-state index contributed by atoms with van der Waals surface area (Å²) in [5.74, 6) is -0.901. The molecule has 0 bridgehead atoms. The number of hydrogen-bond donors (Lipinski definition) is 1. The van der Waals surface area contributed by atoms with E-state index < -0.39 is 17.2 Å². The minimum Gasteiger partial charge on any atom is -0.371 e. The first-order valence-corrected chi connectivity index (χ1v) is 13.9. The summed E-state index contributed by atoms with van der Waals surface area (Å²) in [6.45, 7) is 7.08. The first-order valence-electron chi connectivity index (χ1n) is 13.9. The lowest BCUT2D eigenvalue weighted by Crippen LogP contribution is -2.39. The standard InChI is InChI=1S/C29H36F2N6O3/c1-17-14-22(27(39)34-32-17)18-10-12-36(13-11-18)24(38)15-19-8-9-20(21-6-5-7-23(30)25(21)31)16-37-26(19)33-35-28(37)29(2,3)40-4/h5-7,14,18-20H,8-13,15-16H2,1-4H3,(H,34,39)/t19-,20+/m1/s1. The van der Waals surface area contributed by atoms with Gasteiger partial charge in [0, 0.05) is 50.6 Å². The van der Waals surface area contributed by atoms with Crippen molar-refractivity contribution < 1.29 is 18.3 Å². The van der Waals surface area contributed by atoms with Gasteiger partial charge in [0.25, 0.3) is 5.56 Å². The van der Waals surface area contributed by atoms with Gasteiger partial charge in [0.2, 0.25) is 5.91 Å². The minimum atomic E-state index is -0.873. The predicted octanol–water partition coefficient (Wildman–Crippen LogP) is 4.29. The second-order valence-electron chi connectivity index (χ2n) is 11.5. The Morgan fingerprint density at radius 2 is 1.85 bits per heavy atom. The number of carbonyl (C=O) groups excluding carboxylic acids is 1. The first kappa shape index (κ1) is 28.1. The Morgan fingerprint density at radius 1 is 1.10 bits per heavy atom. The van der Waals surface area contributed by atoms with E-state index in [-0.39, 0.29) is 35.6 Å². The number of ether oxygens (including phenoxy) is 1. The zero-order valence-electron chi connectivity index (χ0n) is 23.4. The number of aromatic amines is 1. The van der Waals surface area contributed by atoms with Crippen molar-refractivity contribution in [3.63, 3.8) is 0 Å². The van der Waals surface area contributed by atoms with E-state index in [1.807, 2.05) is 36.3 Å². The van der Waals surface area contributed by atoms with E-state index in [2.05, 4.69) is 20.4 Å². The third-order valence-electron chi connectivity index (χ3n) is 8.55. The van der Waals surface area contributed by atoms with Gasteiger partial charge >= 0.3 is 0 Å². The molecule has 0 unspecified atom stereocenters. The molecule has 214 valence electrons. The van der Waals surface area contributed by atoms with Crippen molar-refractivity contribution in [1.82, 2.24) is 29.9 Å². The molecule has 0 saturated carbocycles. The summed E-state index contributed by atoms with van der Waals surface area (Å²) in [5.41, 5.74) is 0.863. The highest BCUT2D eigenvalue weighted by Gasteiger charge is 2.37. The predicted molar refractivity (Wildman–Crippen MR) is 144 cm³/mol. The number of piperidine rings is 1. The van der Waals surface area contributed by atoms with Crippen molar-refractivity contribution in [2.75, 3.05) is 20.2 Å². The van der Waals surface area contributed by atoms with E-state index in [0.717, 1.165) is 17.3 Å². The average Bonchev–Trinajstić information content (AvgIpc) is 3.29. The third-order valence-corrected chi connectivity index (χ3v) is 8.55. The van der Waals surface area contributed by atoms with Gasteiger partial charge in [-0.1, -0.05) is 12.1 Å². The average molecular weight is 555 g/mol. The molecule has 2 aromatic heterocycles. The van der Waals surface area contributed by atoms with Crippen LogP contribution in [-0.4, -0.2) is 56.0 Å². The van der Waals surface area contributed by atoms with E-state index in [1.165, 1.54) is 6.07 Å². The Labute approximate surface area is 232 Å². The van der Waals surface area contributed by atoms with E-state index in [4.69, 9.17) is 4.74 Å². The Kier molecular flexibility index (Phi) is 7.85. The number of benzene rings is 1. The van der Waals surface area contributed by atoms with E-state index in [1.54, 1.807) is 13.2 Å². The van der Waals surface area contributed by atoms with Crippen LogP contribution in [0.5, 0.6) is 0 Å². The molecule has 4 heterocycles. The number of rotatable bonds is 6. The smallest absolute Gasteiger partial charge is 0.267 e. The normalized spacial score (nSPS) is 20.3. The molecule has 11 heteroatoms. The molecule has 9 nitrogen and oxygen atoms in total. The SMILES string of the molecule is COC(C)(C)c1nnc2n1C[C@@H](c1cccc(F)c1F)CC[C@@H]2CC(=O)N1CCC(c2cc(C)n[nH]c2=O)CC1. The molecule has 1 amide bonds. The number of methoxy groups -OCH3 is 1. The van der Waals surface area contributed by atoms with Crippen LogP contribution in [0, 0.1) is 18.6 Å². The summed E-state index contributed by atoms with van der Waals surface area (Å²) in [6.07, 6.45) is 2.79. The lowest BCUT2D eigenvalue weighted by atomic mass is 9.88. The number of nitrogens with zero attached hydrogens (tertiary/aromatic N) is 5. The number of fused-ring (bicyclic) bond motifs is 1. The van der Waals surface area contributed by atoms with E-state index in [9.17, 15) is 18.4 Å². The highest BCUT2D eigenvalue weighted by atomic mass is 19.2. The van der Waals surface area contributed by atoms with Crippen molar-refractivity contribution in [2.45, 2.75) is 82.8 Å². The molecule has 2 atom stereocenters. The topological polar surface area (TPSA) is 106 Å². The molecule has 5 rings (SSSR count). The summed E-state index contributed by atoms with van der Waals surface area (Å²) in [5, 5.41) is 15.5. The number of carbonyl (C=O) groups is 1. The molecule has 1 fully saturated rings. The number of amides is 1. The maximum atomic E-state index is 14.8. The monoisotopic (exact) mass is 554 g/mol. The van der Waals surface area contributed by atoms with Crippen LogP contribution < -0.4 is 5.56 Å².